The van der Waals surface area contributed by atoms with Gasteiger partial charge < -0.3 is 10.4 Å². The molecule has 0 radical (unpaired) electrons. The molecule has 0 unspecified atom stereocenters. The Balaban J connectivity index is 2.47. The second-order valence-electron chi connectivity index (χ2n) is 3.54. The molecule has 0 bridgehead atoms. The van der Waals surface area contributed by atoms with Crippen LogP contribution >= 0.6 is 15.9 Å². The number of aliphatic hydroxyl groups excluding tert-OH is 1. The smallest absolute Gasteiger partial charge is 0.137 e. The monoisotopic (exact) mass is 275 g/mol. The van der Waals surface area contributed by atoms with E-state index in [1.807, 2.05) is 13.0 Å². The largest absolute Gasteiger partial charge is 0.396 e. The zero-order chi connectivity index (χ0) is 11.3. The second kappa shape index (κ2) is 6.20. The summed E-state index contributed by atoms with van der Waals surface area (Å²) >= 11 is 3.11. The lowest BCUT2D eigenvalue weighted by Crippen LogP contribution is -2.26. The van der Waals surface area contributed by atoms with Gasteiger partial charge in [0.1, 0.15) is 5.82 Å². The first kappa shape index (κ1) is 12.6. The van der Waals surface area contributed by atoms with Gasteiger partial charge in [-0.25, -0.2) is 4.39 Å². The minimum Gasteiger partial charge on any atom is -0.396 e. The zero-order valence-electron chi connectivity index (χ0n) is 8.63. The summed E-state index contributed by atoms with van der Waals surface area (Å²) in [5, 5.41) is 11.9. The fourth-order valence-electron chi connectivity index (χ4n) is 1.24. The van der Waals surface area contributed by atoms with Gasteiger partial charge in [0.2, 0.25) is 0 Å². The number of nitrogens with one attached hydrogen (secondary N) is 1. The van der Waals surface area contributed by atoms with E-state index < -0.39 is 0 Å². The maximum absolute atomic E-state index is 13.1. The third-order valence-electron chi connectivity index (χ3n) is 2.20. The number of benzene rings is 1. The number of aliphatic hydroxyl groups is 1. The molecule has 0 aromatic heterocycles. The number of halogens is 2. The Labute approximate surface area is 97.6 Å². The molecule has 0 amide bonds. The van der Waals surface area contributed by atoms with E-state index in [-0.39, 0.29) is 18.5 Å². The minimum absolute atomic E-state index is 0.170. The Bertz CT molecular complexity index is 319. The standard InChI is InChI=1S/C11H15BrFNO/c1-8(4-5-15)14-7-9-2-3-10(12)11(13)6-9/h2-3,6,8,14-15H,4-5,7H2,1H3/t8-/m1/s1. The molecule has 1 aromatic carbocycles. The molecule has 0 saturated carbocycles. The van der Waals surface area contributed by atoms with Gasteiger partial charge >= 0.3 is 0 Å². The van der Waals surface area contributed by atoms with Crippen molar-refractivity contribution in [2.24, 2.45) is 0 Å². The van der Waals surface area contributed by atoms with Crippen LogP contribution in [0.5, 0.6) is 0 Å². The molecule has 1 rings (SSSR count). The summed E-state index contributed by atoms with van der Waals surface area (Å²) in [4.78, 5) is 0. The van der Waals surface area contributed by atoms with Gasteiger partial charge in [-0.1, -0.05) is 6.07 Å². The first-order chi connectivity index (χ1) is 7.13. The van der Waals surface area contributed by atoms with Gasteiger partial charge in [-0.05, 0) is 47.0 Å². The normalized spacial score (nSPS) is 12.8. The van der Waals surface area contributed by atoms with Gasteiger partial charge in [0.15, 0.2) is 0 Å². The highest BCUT2D eigenvalue weighted by molar-refractivity contribution is 9.10. The summed E-state index contributed by atoms with van der Waals surface area (Å²) in [5.74, 6) is -0.246. The molecule has 2 N–H and O–H groups in total. The van der Waals surface area contributed by atoms with Crippen LogP contribution in [0.3, 0.4) is 0 Å². The van der Waals surface area contributed by atoms with Crippen LogP contribution in [-0.4, -0.2) is 17.8 Å². The van der Waals surface area contributed by atoms with Crippen LogP contribution in [0.25, 0.3) is 0 Å². The molecule has 1 atom stereocenters. The third kappa shape index (κ3) is 4.28. The van der Waals surface area contributed by atoms with Crippen molar-refractivity contribution in [3.63, 3.8) is 0 Å². The summed E-state index contributed by atoms with van der Waals surface area (Å²) in [6.07, 6.45) is 0.707. The molecule has 0 fully saturated rings. The molecule has 2 nitrogen and oxygen atoms in total. The van der Waals surface area contributed by atoms with Crippen molar-refractivity contribution in [2.75, 3.05) is 6.61 Å². The summed E-state index contributed by atoms with van der Waals surface area (Å²) in [6.45, 7) is 2.78. The van der Waals surface area contributed by atoms with Crippen LogP contribution < -0.4 is 5.32 Å². The Hall–Kier alpha value is -0.450. The zero-order valence-corrected chi connectivity index (χ0v) is 10.2. The van der Waals surface area contributed by atoms with Crippen molar-refractivity contribution < 1.29 is 9.50 Å². The lowest BCUT2D eigenvalue weighted by Gasteiger charge is -2.12. The van der Waals surface area contributed by atoms with Crippen molar-refractivity contribution >= 4 is 15.9 Å². The van der Waals surface area contributed by atoms with E-state index in [0.29, 0.717) is 17.4 Å². The molecule has 4 heteroatoms. The minimum atomic E-state index is -0.246. The summed E-state index contributed by atoms with van der Waals surface area (Å²) in [7, 11) is 0. The van der Waals surface area contributed by atoms with E-state index in [1.165, 1.54) is 6.07 Å². The van der Waals surface area contributed by atoms with Gasteiger partial charge in [-0.3, -0.25) is 0 Å². The highest BCUT2D eigenvalue weighted by Crippen LogP contribution is 2.16. The van der Waals surface area contributed by atoms with Gasteiger partial charge in [0.05, 0.1) is 4.47 Å². The van der Waals surface area contributed by atoms with Crippen LogP contribution in [0.1, 0.15) is 18.9 Å². The van der Waals surface area contributed by atoms with Crippen LogP contribution in [-0.2, 0) is 6.54 Å². The van der Waals surface area contributed by atoms with Crippen molar-refractivity contribution in [2.45, 2.75) is 25.9 Å². The average Bonchev–Trinajstić information content (AvgIpc) is 2.20. The second-order valence-corrected chi connectivity index (χ2v) is 4.40. The number of hydrogen-bond acceptors (Lipinski definition) is 2. The van der Waals surface area contributed by atoms with Crippen molar-refractivity contribution in [1.29, 1.82) is 0 Å². The highest BCUT2D eigenvalue weighted by Gasteiger charge is 2.03. The molecule has 15 heavy (non-hydrogen) atoms. The molecular formula is C11H15BrFNO. The fraction of sp³-hybridized carbons (Fsp3) is 0.455. The van der Waals surface area contributed by atoms with Crippen LogP contribution in [0.4, 0.5) is 4.39 Å². The predicted molar refractivity (Wildman–Crippen MR) is 62.1 cm³/mol. The lowest BCUT2D eigenvalue weighted by atomic mass is 10.2. The lowest BCUT2D eigenvalue weighted by molar-refractivity contribution is 0.268. The van der Waals surface area contributed by atoms with Gasteiger partial charge in [-0.15, -0.1) is 0 Å². The quantitative estimate of drug-likeness (QED) is 0.865. The summed E-state index contributed by atoms with van der Waals surface area (Å²) < 4.78 is 13.6. The van der Waals surface area contributed by atoms with Crippen LogP contribution in [0.15, 0.2) is 22.7 Å². The maximum Gasteiger partial charge on any atom is 0.137 e. The molecule has 0 saturated heterocycles. The van der Waals surface area contributed by atoms with Crippen LogP contribution in [0, 0.1) is 5.82 Å². The Morgan fingerprint density at radius 2 is 2.27 bits per heavy atom. The van der Waals surface area contributed by atoms with Crippen molar-refractivity contribution in [1.82, 2.24) is 5.32 Å². The molecule has 1 aromatic rings. The van der Waals surface area contributed by atoms with E-state index in [4.69, 9.17) is 5.11 Å². The van der Waals surface area contributed by atoms with Gasteiger partial charge in [-0.2, -0.15) is 0 Å². The molecule has 0 spiro atoms. The average molecular weight is 276 g/mol. The third-order valence-corrected chi connectivity index (χ3v) is 2.84. The van der Waals surface area contributed by atoms with E-state index in [1.54, 1.807) is 6.07 Å². The SMILES string of the molecule is C[C@H](CCO)NCc1ccc(Br)c(F)c1. The van der Waals surface area contributed by atoms with Crippen molar-refractivity contribution in [3.05, 3.63) is 34.1 Å². The fourth-order valence-corrected chi connectivity index (χ4v) is 1.48. The van der Waals surface area contributed by atoms with Gasteiger partial charge in [0, 0.05) is 19.2 Å². The summed E-state index contributed by atoms with van der Waals surface area (Å²) in [6, 6.07) is 5.30. The van der Waals surface area contributed by atoms with Crippen LogP contribution in [0.2, 0.25) is 0 Å². The maximum atomic E-state index is 13.1. The number of rotatable bonds is 5. The predicted octanol–water partition coefficient (Wildman–Crippen LogP) is 2.45. The Morgan fingerprint density at radius 3 is 2.87 bits per heavy atom. The Kier molecular flexibility index (Phi) is 5.22. The Morgan fingerprint density at radius 1 is 1.53 bits per heavy atom. The van der Waals surface area contributed by atoms with E-state index in [9.17, 15) is 4.39 Å². The first-order valence-electron chi connectivity index (χ1n) is 4.91. The molecule has 0 aliphatic rings. The number of hydrogen-bond donors (Lipinski definition) is 2. The van der Waals surface area contributed by atoms with Crippen molar-refractivity contribution in [3.8, 4) is 0 Å². The van der Waals surface area contributed by atoms with Gasteiger partial charge in [0.25, 0.3) is 0 Å². The van der Waals surface area contributed by atoms with E-state index in [2.05, 4.69) is 21.2 Å². The van der Waals surface area contributed by atoms with E-state index >= 15 is 0 Å². The molecule has 0 aliphatic carbocycles. The summed E-state index contributed by atoms with van der Waals surface area (Å²) in [5.41, 5.74) is 0.903. The first-order valence-corrected chi connectivity index (χ1v) is 5.71. The van der Waals surface area contributed by atoms with E-state index in [0.717, 1.165) is 5.56 Å². The molecule has 0 heterocycles. The highest BCUT2D eigenvalue weighted by atomic mass is 79.9. The topological polar surface area (TPSA) is 32.3 Å². The molecule has 84 valence electrons. The molecular weight excluding hydrogens is 261 g/mol. The molecule has 0 aliphatic heterocycles.